The predicted molar refractivity (Wildman–Crippen MR) is 39.4 cm³/mol. The van der Waals surface area contributed by atoms with Crippen LogP contribution in [0, 0.1) is 0 Å². The van der Waals surface area contributed by atoms with E-state index in [1.54, 1.807) is 0 Å². The van der Waals surface area contributed by atoms with E-state index in [1.807, 2.05) is 0 Å². The maximum absolute atomic E-state index is 10.1. The number of rotatable bonds is 0. The molecule has 0 aliphatic rings. The molecule has 0 saturated carbocycles. The average molecular weight is 284 g/mol. The molecule has 2 nitrogen and oxygen atoms in total. The maximum atomic E-state index is 10.1. The Bertz CT molecular complexity index is 99.2. The number of carbonyl (C=O) groups is 1. The van der Waals surface area contributed by atoms with Crippen molar-refractivity contribution in [2.45, 2.75) is 3.79 Å². The topological polar surface area (TPSA) is 26.3 Å². The van der Waals surface area contributed by atoms with Crippen molar-refractivity contribution in [3.8, 4) is 0 Å². The normalized spacial score (nSPS) is 9.78. The van der Waals surface area contributed by atoms with Crippen molar-refractivity contribution < 1.29 is 9.08 Å². The first-order valence-corrected chi connectivity index (χ1v) is 2.82. The van der Waals surface area contributed by atoms with Crippen LogP contribution in [0.25, 0.3) is 0 Å². The third-order valence-corrected chi connectivity index (χ3v) is 0.905. The van der Waals surface area contributed by atoms with Crippen molar-refractivity contribution in [2.75, 3.05) is 0 Å². The Morgan fingerprint density at radius 1 is 1.33 bits per heavy atom. The number of alkyl halides is 3. The summed E-state index contributed by atoms with van der Waals surface area (Å²) < 4.78 is 1.48. The van der Waals surface area contributed by atoms with E-state index in [2.05, 4.69) is 16.2 Å². The Labute approximate surface area is 121 Å². The zero-order chi connectivity index (χ0) is 6.78. The van der Waals surface area contributed by atoms with Crippen LogP contribution < -0.4 is 0 Å². The second-order valence-electron chi connectivity index (χ2n) is 0.862. The van der Waals surface area contributed by atoms with Crippen molar-refractivity contribution >= 4 is 111 Å². The van der Waals surface area contributed by atoms with Gasteiger partial charge in [0.05, 0.1) is 0 Å². The quantitative estimate of drug-likeness (QED) is 0.629. The molecule has 0 bridgehead atoms. The molecule has 0 aromatic heterocycles. The van der Waals surface area contributed by atoms with Gasteiger partial charge in [0.15, 0.2) is 0 Å². The summed E-state index contributed by atoms with van der Waals surface area (Å²) in [5, 5.41) is 0. The predicted octanol–water partition coefficient (Wildman–Crippen LogP) is 1.41. The molecule has 7 heteroatoms. The van der Waals surface area contributed by atoms with Gasteiger partial charge < -0.3 is 4.29 Å². The summed E-state index contributed by atoms with van der Waals surface area (Å²) in [6.07, 6.45) is 0. The van der Waals surface area contributed by atoms with Crippen LogP contribution in [0.1, 0.15) is 0 Å². The van der Waals surface area contributed by atoms with Gasteiger partial charge in [-0.3, -0.25) is 0 Å². The third-order valence-electron chi connectivity index (χ3n) is 0.302. The molecule has 0 aliphatic carbocycles. The Kier molecular flexibility index (Phi) is 9.34. The molecule has 0 heterocycles. The minimum absolute atomic E-state index is 0. The van der Waals surface area contributed by atoms with Gasteiger partial charge >= 0.3 is 64.2 Å². The molecule has 0 aromatic carbocycles. The van der Waals surface area contributed by atoms with Crippen LogP contribution in [0.2, 0.25) is 0 Å². The van der Waals surface area contributed by atoms with Gasteiger partial charge in [-0.1, -0.05) is 34.8 Å². The summed E-state index contributed by atoms with van der Waals surface area (Å²) in [6, 6.07) is 0. The Morgan fingerprint density at radius 3 is 1.67 bits per heavy atom. The van der Waals surface area contributed by atoms with Crippen molar-refractivity contribution in [2.24, 2.45) is 0 Å². The van der Waals surface area contributed by atoms with Crippen LogP contribution in [0.4, 0.5) is 0 Å². The molecule has 0 radical (unpaired) electrons. The van der Waals surface area contributed by atoms with Crippen LogP contribution in [-0.2, 0) is 9.08 Å². The van der Waals surface area contributed by atoms with E-state index in [0.29, 0.717) is 0 Å². The van der Waals surface area contributed by atoms with E-state index >= 15 is 0 Å². The Balaban J connectivity index is 0. The zero-order valence-electron chi connectivity index (χ0n) is 3.33. The molecule has 0 unspecified atom stereocenters. The summed E-state index contributed by atoms with van der Waals surface area (Å²) in [4.78, 5) is 10.1. The average Bonchev–Trinajstić information content (AvgIpc) is 1.62. The first kappa shape index (κ1) is 14.0. The first-order valence-electron chi connectivity index (χ1n) is 1.38. The number of halogens is 4. The van der Waals surface area contributed by atoms with Gasteiger partial charge in [-0.05, 0) is 0 Å². The van der Waals surface area contributed by atoms with Gasteiger partial charge in [-0.15, -0.1) is 0 Å². The molecule has 0 aromatic rings. The van der Waals surface area contributed by atoms with Crippen molar-refractivity contribution in [3.05, 3.63) is 0 Å². The minimum atomic E-state index is -2.07. The van der Waals surface area contributed by atoms with Crippen LogP contribution in [0.5, 0.6) is 0 Å². The Morgan fingerprint density at radius 2 is 1.67 bits per heavy atom. The van der Waals surface area contributed by atoms with Crippen LogP contribution in [-0.4, -0.2) is 67.9 Å². The van der Waals surface area contributed by atoms with E-state index in [1.165, 1.54) is 0 Å². The Hall–Kier alpha value is 2.44. The van der Waals surface area contributed by atoms with Gasteiger partial charge in [-0.25, -0.2) is 4.79 Å². The number of hydrogen-bond donors (Lipinski definition) is 0. The van der Waals surface area contributed by atoms with E-state index in [-0.39, 0.29) is 58.2 Å². The fourth-order valence-corrected chi connectivity index (χ4v) is 0.394. The number of hydrogen-bond acceptors (Lipinski definition) is 2. The third kappa shape index (κ3) is 6.82. The van der Waals surface area contributed by atoms with Crippen LogP contribution in [0.3, 0.4) is 0 Å². The fourth-order valence-electron chi connectivity index (χ4n) is 0.0437. The first-order chi connectivity index (χ1) is 3.48. The fraction of sp³-hybridized carbons (Fsp3) is 0.500. The molecule has 0 amide bonds. The van der Waals surface area contributed by atoms with Gasteiger partial charge in [0.2, 0.25) is 0 Å². The second-order valence-corrected chi connectivity index (χ2v) is 3.30. The van der Waals surface area contributed by atoms with Gasteiger partial charge in [0.1, 0.15) is 11.9 Å². The molecule has 50 valence electrons. The van der Waals surface area contributed by atoms with Crippen LogP contribution in [0.15, 0.2) is 0 Å². The molecule has 9 heavy (non-hydrogen) atoms. The van der Waals surface area contributed by atoms with Crippen molar-refractivity contribution in [3.63, 3.8) is 0 Å². The summed E-state index contributed by atoms with van der Waals surface area (Å²) >= 11 is 19.4. The molecule has 0 aliphatic heterocycles. The number of carbonyl (C=O) groups excluding carboxylic acids is 1. The molecule has 0 saturated heterocycles. The van der Waals surface area contributed by atoms with Gasteiger partial charge in [0, 0.05) is 0 Å². The monoisotopic (exact) mass is 282 g/mol. The summed E-state index contributed by atoms with van der Waals surface area (Å²) in [5.74, 6) is -1.11. The molecule has 0 atom stereocenters. The molecular formula is C2HCl4O2Rb. The van der Waals surface area contributed by atoms with Crippen molar-refractivity contribution in [1.82, 2.24) is 0 Å². The van der Waals surface area contributed by atoms with Gasteiger partial charge in [-0.2, -0.15) is 0 Å². The van der Waals surface area contributed by atoms with E-state index in [0.717, 1.165) is 0 Å². The molecule has 0 N–H and O–H groups in total. The van der Waals surface area contributed by atoms with E-state index in [4.69, 9.17) is 34.8 Å². The van der Waals surface area contributed by atoms with Gasteiger partial charge in [0.25, 0.3) is 3.79 Å². The summed E-state index contributed by atoms with van der Waals surface area (Å²) in [5.41, 5.74) is 0. The van der Waals surface area contributed by atoms with Crippen molar-refractivity contribution in [1.29, 1.82) is 0 Å². The second kappa shape index (κ2) is 6.01. The van der Waals surface area contributed by atoms with E-state index < -0.39 is 9.76 Å². The molecule has 0 spiro atoms. The summed E-state index contributed by atoms with van der Waals surface area (Å²) in [7, 11) is 0. The SMILES string of the molecule is O=C(OCl)C(Cl)(Cl)Cl.[RbH]. The molecule has 0 fully saturated rings. The summed E-state index contributed by atoms with van der Waals surface area (Å²) in [6.45, 7) is 0. The van der Waals surface area contributed by atoms with E-state index in [9.17, 15) is 4.79 Å². The van der Waals surface area contributed by atoms with Crippen LogP contribution >= 0.6 is 46.7 Å². The molecule has 0 rings (SSSR count). The molecular weight excluding hydrogens is 283 g/mol. The zero-order valence-corrected chi connectivity index (χ0v) is 6.35. The standard InChI is InChI=1S/C2Cl4O2.Rb.H/c3-2(4,5)1(7)8-6;;.